The van der Waals surface area contributed by atoms with Crippen molar-refractivity contribution in [1.82, 2.24) is 14.9 Å². The predicted molar refractivity (Wildman–Crippen MR) is 135 cm³/mol. The van der Waals surface area contributed by atoms with Crippen LogP contribution < -0.4 is 11.0 Å². The summed E-state index contributed by atoms with van der Waals surface area (Å²) in [7, 11) is -1.54. The molecule has 1 saturated heterocycles. The second kappa shape index (κ2) is 10.1. The maximum Gasteiger partial charge on any atom is 0.261 e. The van der Waals surface area contributed by atoms with Crippen LogP contribution >= 0.6 is 0 Å². The van der Waals surface area contributed by atoms with Gasteiger partial charge in [0.25, 0.3) is 11.5 Å². The molecule has 2 aromatic carbocycles. The Morgan fingerprint density at radius 3 is 2.46 bits per heavy atom. The molecule has 4 rings (SSSR count). The van der Waals surface area contributed by atoms with Gasteiger partial charge in [0.1, 0.15) is 4.75 Å². The van der Waals surface area contributed by atoms with Gasteiger partial charge in [-0.15, -0.1) is 0 Å². The zero-order valence-electron chi connectivity index (χ0n) is 19.8. The van der Waals surface area contributed by atoms with Crippen molar-refractivity contribution in [1.29, 1.82) is 0 Å². The van der Waals surface area contributed by atoms with Gasteiger partial charge in [0.15, 0.2) is 0 Å². The van der Waals surface area contributed by atoms with E-state index >= 15 is 0 Å². The summed E-state index contributed by atoms with van der Waals surface area (Å²) in [6.07, 6.45) is 4.75. The Hall–Kier alpha value is -3.30. The van der Waals surface area contributed by atoms with E-state index in [-0.39, 0.29) is 24.4 Å². The van der Waals surface area contributed by atoms with Crippen molar-refractivity contribution in [3.05, 3.63) is 70.6 Å². The van der Waals surface area contributed by atoms with Gasteiger partial charge in [-0.1, -0.05) is 30.3 Å². The van der Waals surface area contributed by atoms with Crippen LogP contribution in [0.15, 0.2) is 59.5 Å². The maximum absolute atomic E-state index is 13.0. The van der Waals surface area contributed by atoms with Crippen molar-refractivity contribution >= 4 is 33.4 Å². The van der Waals surface area contributed by atoms with Crippen molar-refractivity contribution in [2.24, 2.45) is 0 Å². The number of aromatic nitrogens is 1. The number of benzene rings is 2. The summed E-state index contributed by atoms with van der Waals surface area (Å²) in [5.41, 5.74) is 4.46. The Morgan fingerprint density at radius 2 is 1.83 bits per heavy atom. The van der Waals surface area contributed by atoms with Crippen molar-refractivity contribution in [2.75, 3.05) is 12.8 Å². The number of likely N-dealkylation sites (tertiary alicyclic amines) is 1. The fraction of sp³-hybridized carbons (Fsp3) is 0.346. The van der Waals surface area contributed by atoms with Crippen LogP contribution in [-0.2, 0) is 33.5 Å². The molecule has 0 bridgehead atoms. The molecule has 2 heterocycles. The second-order valence-electron chi connectivity index (χ2n) is 9.11. The maximum atomic E-state index is 13.0. The third-order valence-electron chi connectivity index (χ3n) is 6.86. The Balaban J connectivity index is 1.53. The zero-order valence-corrected chi connectivity index (χ0v) is 20.6. The van der Waals surface area contributed by atoms with E-state index in [4.69, 9.17) is 5.21 Å². The molecule has 2 atom stereocenters. The van der Waals surface area contributed by atoms with Crippen molar-refractivity contribution < 1.29 is 19.0 Å². The Bertz CT molecular complexity index is 1350. The van der Waals surface area contributed by atoms with E-state index in [2.05, 4.69) is 0 Å². The summed E-state index contributed by atoms with van der Waals surface area (Å²) in [5.74, 6) is -0.534. The van der Waals surface area contributed by atoms with E-state index in [1.807, 2.05) is 47.4 Å². The third-order valence-corrected chi connectivity index (χ3v) is 8.51. The van der Waals surface area contributed by atoms with Gasteiger partial charge in [0.05, 0.1) is 0 Å². The lowest BCUT2D eigenvalue weighted by molar-refractivity contribution is -0.131. The minimum absolute atomic E-state index is 0.126. The fourth-order valence-electron chi connectivity index (χ4n) is 4.38. The molecule has 1 unspecified atom stereocenters. The lowest BCUT2D eigenvalue weighted by atomic mass is 10.0. The minimum atomic E-state index is -1.54. The lowest BCUT2D eigenvalue weighted by Crippen LogP contribution is -2.47. The molecule has 0 aliphatic carbocycles. The monoisotopic (exact) mass is 495 g/mol. The number of fused-ring (bicyclic) bond motifs is 1. The van der Waals surface area contributed by atoms with Crippen LogP contribution in [-0.4, -0.2) is 48.2 Å². The molecule has 1 aliphatic heterocycles. The highest BCUT2D eigenvalue weighted by Gasteiger charge is 2.37. The SMILES string of the molecule is CS(=O)[C@](C)(CCn1ccc2cc(-c3ccc(CN4CCCC4=O)cc3)ccc2c1=O)C(=O)NO. The van der Waals surface area contributed by atoms with Gasteiger partial charge in [-0.3, -0.25) is 23.8 Å². The van der Waals surface area contributed by atoms with Gasteiger partial charge in [-0.05, 0) is 60.0 Å². The largest absolute Gasteiger partial charge is 0.338 e. The van der Waals surface area contributed by atoms with Crippen LogP contribution in [0.4, 0.5) is 0 Å². The summed E-state index contributed by atoms with van der Waals surface area (Å²) in [5, 5.41) is 10.3. The van der Waals surface area contributed by atoms with Crippen molar-refractivity contribution in [2.45, 2.75) is 44.0 Å². The summed E-state index contributed by atoms with van der Waals surface area (Å²) < 4.78 is 12.3. The molecule has 0 radical (unpaired) electrons. The first-order valence-electron chi connectivity index (χ1n) is 11.5. The lowest BCUT2D eigenvalue weighted by Gasteiger charge is -2.24. The first kappa shape index (κ1) is 24.8. The molecular weight excluding hydrogens is 466 g/mol. The normalized spacial score (nSPS) is 16.3. The molecule has 0 spiro atoms. The predicted octanol–water partition coefficient (Wildman–Crippen LogP) is 2.82. The third kappa shape index (κ3) is 5.06. The van der Waals surface area contributed by atoms with Crippen molar-refractivity contribution in [3.63, 3.8) is 0 Å². The number of carbonyl (C=O) groups excluding carboxylic acids is 2. The van der Waals surface area contributed by atoms with Crippen LogP contribution in [0.1, 0.15) is 31.7 Å². The van der Waals surface area contributed by atoms with Crippen molar-refractivity contribution in [3.8, 4) is 11.1 Å². The summed E-state index contributed by atoms with van der Waals surface area (Å²) in [6, 6.07) is 15.6. The average molecular weight is 496 g/mol. The molecule has 2 amide bonds. The molecule has 35 heavy (non-hydrogen) atoms. The number of hydrogen-bond donors (Lipinski definition) is 2. The van der Waals surface area contributed by atoms with E-state index in [9.17, 15) is 18.6 Å². The fourth-order valence-corrected chi connectivity index (χ4v) is 5.06. The Morgan fingerprint density at radius 1 is 1.11 bits per heavy atom. The van der Waals surface area contributed by atoms with E-state index in [1.54, 1.807) is 17.7 Å². The van der Waals surface area contributed by atoms with Gasteiger partial charge in [-0.2, -0.15) is 0 Å². The van der Waals surface area contributed by atoms with E-state index in [1.165, 1.54) is 17.7 Å². The number of hydroxylamine groups is 1. The van der Waals surface area contributed by atoms with Gasteiger partial charge >= 0.3 is 0 Å². The van der Waals surface area contributed by atoms with E-state index in [0.29, 0.717) is 18.4 Å². The molecule has 0 saturated carbocycles. The molecule has 3 aromatic rings. The number of pyridine rings is 1. The number of amides is 2. The van der Waals surface area contributed by atoms with E-state index in [0.717, 1.165) is 35.0 Å². The van der Waals surface area contributed by atoms with Crippen LogP contribution in [0.5, 0.6) is 0 Å². The quantitative estimate of drug-likeness (QED) is 0.369. The van der Waals surface area contributed by atoms with Gasteiger partial charge in [0, 0.05) is 54.7 Å². The molecule has 1 fully saturated rings. The van der Waals surface area contributed by atoms with Crippen LogP contribution in [0.25, 0.3) is 21.9 Å². The smallest absolute Gasteiger partial charge is 0.261 e. The zero-order chi connectivity index (χ0) is 25.2. The van der Waals surface area contributed by atoms with Gasteiger partial charge in [0.2, 0.25) is 5.91 Å². The number of nitrogens with one attached hydrogen (secondary N) is 1. The molecular formula is C26H29N3O5S. The Kier molecular flexibility index (Phi) is 7.18. The van der Waals surface area contributed by atoms with Gasteiger partial charge < -0.3 is 9.47 Å². The highest BCUT2D eigenvalue weighted by Crippen LogP contribution is 2.25. The number of rotatable bonds is 8. The Labute approximate surface area is 206 Å². The molecule has 1 aromatic heterocycles. The van der Waals surface area contributed by atoms with E-state index < -0.39 is 21.5 Å². The number of aryl methyl sites for hydroxylation is 1. The molecule has 1 aliphatic rings. The molecule has 184 valence electrons. The number of nitrogens with zero attached hydrogens (tertiary/aromatic N) is 2. The summed E-state index contributed by atoms with van der Waals surface area (Å²) in [4.78, 5) is 38.8. The van der Waals surface area contributed by atoms with Crippen LogP contribution in [0.3, 0.4) is 0 Å². The first-order chi connectivity index (χ1) is 16.7. The minimum Gasteiger partial charge on any atom is -0.338 e. The standard InChI is InChI=1S/C26H29N3O5S/c1-26(35(2)34,25(32)27-33)12-15-28-14-11-21-16-20(9-10-22(21)24(28)31)19-7-5-18(6-8-19)17-29-13-3-4-23(29)30/h5-11,14,16,33H,3-4,12-13,15,17H2,1-2H3,(H,27,32)/t26-,35?/m1/s1. The summed E-state index contributed by atoms with van der Waals surface area (Å²) in [6.45, 7) is 3.12. The average Bonchev–Trinajstić information content (AvgIpc) is 3.27. The van der Waals surface area contributed by atoms with Gasteiger partial charge in [-0.25, -0.2) is 5.48 Å². The second-order valence-corrected chi connectivity index (χ2v) is 10.9. The highest BCUT2D eigenvalue weighted by atomic mass is 32.2. The first-order valence-corrected chi connectivity index (χ1v) is 13.1. The highest BCUT2D eigenvalue weighted by molar-refractivity contribution is 7.86. The molecule has 2 N–H and O–H groups in total. The number of carbonyl (C=O) groups is 2. The molecule has 8 nitrogen and oxygen atoms in total. The number of hydrogen-bond acceptors (Lipinski definition) is 5. The topological polar surface area (TPSA) is 109 Å². The van der Waals surface area contributed by atoms with Crippen LogP contribution in [0, 0.1) is 0 Å². The molecule has 9 heteroatoms. The summed E-state index contributed by atoms with van der Waals surface area (Å²) >= 11 is 0. The van der Waals surface area contributed by atoms with Crippen LogP contribution in [0.2, 0.25) is 0 Å².